The number of para-hydroxylation sites is 1. The average Bonchev–Trinajstić information content (AvgIpc) is 3.09. The molecule has 5 nitrogen and oxygen atoms in total. The molecule has 116 valence electrons. The van der Waals surface area contributed by atoms with Crippen LogP contribution in [0.4, 0.5) is 17.5 Å². The molecule has 1 aliphatic heterocycles. The Balaban J connectivity index is 1.71. The van der Waals surface area contributed by atoms with Gasteiger partial charge in [0.15, 0.2) is 0 Å². The third-order valence-electron chi connectivity index (χ3n) is 3.81. The molecule has 5 heteroatoms. The predicted molar refractivity (Wildman–Crippen MR) is 88.6 cm³/mol. The van der Waals surface area contributed by atoms with Gasteiger partial charge in [-0.2, -0.15) is 4.98 Å². The van der Waals surface area contributed by atoms with Crippen molar-refractivity contribution in [2.45, 2.75) is 25.9 Å². The highest BCUT2D eigenvalue weighted by Crippen LogP contribution is 2.23. The zero-order chi connectivity index (χ0) is 15.2. The molecule has 1 N–H and O–H groups in total. The quantitative estimate of drug-likeness (QED) is 0.887. The first-order chi connectivity index (χ1) is 10.9. The molecule has 0 bridgehead atoms. The van der Waals surface area contributed by atoms with Crippen molar-refractivity contribution in [3.05, 3.63) is 42.6 Å². The second-order valence-electron chi connectivity index (χ2n) is 5.33. The molecule has 3 rings (SSSR count). The summed E-state index contributed by atoms with van der Waals surface area (Å²) in [5, 5.41) is 3.28. The number of nitrogens with one attached hydrogen (secondary N) is 1. The topological polar surface area (TPSA) is 50.3 Å². The van der Waals surface area contributed by atoms with Crippen LogP contribution in [0.2, 0.25) is 0 Å². The smallest absolute Gasteiger partial charge is 0.224 e. The van der Waals surface area contributed by atoms with E-state index in [2.05, 4.69) is 39.2 Å². The van der Waals surface area contributed by atoms with Gasteiger partial charge in [-0.1, -0.05) is 18.2 Å². The van der Waals surface area contributed by atoms with E-state index in [0.717, 1.165) is 44.0 Å². The maximum Gasteiger partial charge on any atom is 0.224 e. The highest BCUT2D eigenvalue weighted by atomic mass is 16.5. The normalized spacial score (nSPS) is 17.4. The van der Waals surface area contributed by atoms with E-state index in [1.54, 1.807) is 6.20 Å². The number of anilines is 3. The van der Waals surface area contributed by atoms with Gasteiger partial charge in [0.25, 0.3) is 0 Å². The van der Waals surface area contributed by atoms with Crippen molar-refractivity contribution >= 4 is 17.5 Å². The SMILES string of the molecule is CCN(c1ccccc1)c1ccnc(NCC2CCCO2)n1. The third-order valence-corrected chi connectivity index (χ3v) is 3.81. The summed E-state index contributed by atoms with van der Waals surface area (Å²) < 4.78 is 5.61. The summed E-state index contributed by atoms with van der Waals surface area (Å²) in [6.07, 6.45) is 4.33. The van der Waals surface area contributed by atoms with Crippen LogP contribution in [0.25, 0.3) is 0 Å². The number of rotatable bonds is 6. The highest BCUT2D eigenvalue weighted by Gasteiger charge is 2.16. The number of hydrogen-bond donors (Lipinski definition) is 1. The lowest BCUT2D eigenvalue weighted by molar-refractivity contribution is 0.120. The van der Waals surface area contributed by atoms with Crippen LogP contribution in [0, 0.1) is 0 Å². The van der Waals surface area contributed by atoms with Gasteiger partial charge >= 0.3 is 0 Å². The third kappa shape index (κ3) is 3.54. The van der Waals surface area contributed by atoms with Crippen molar-refractivity contribution in [3.63, 3.8) is 0 Å². The summed E-state index contributed by atoms with van der Waals surface area (Å²) in [7, 11) is 0. The van der Waals surface area contributed by atoms with Crippen LogP contribution in [0.5, 0.6) is 0 Å². The summed E-state index contributed by atoms with van der Waals surface area (Å²) in [4.78, 5) is 11.1. The van der Waals surface area contributed by atoms with Crippen LogP contribution in [0.3, 0.4) is 0 Å². The summed E-state index contributed by atoms with van der Waals surface area (Å²) in [5.74, 6) is 1.56. The molecular formula is C17H22N4O. The Morgan fingerprint density at radius 2 is 2.14 bits per heavy atom. The minimum atomic E-state index is 0.281. The van der Waals surface area contributed by atoms with Crippen molar-refractivity contribution in [3.8, 4) is 0 Å². The Kier molecular flexibility index (Phi) is 4.85. The molecule has 22 heavy (non-hydrogen) atoms. The highest BCUT2D eigenvalue weighted by molar-refractivity contribution is 5.60. The number of benzene rings is 1. The predicted octanol–water partition coefficient (Wildman–Crippen LogP) is 3.23. The summed E-state index contributed by atoms with van der Waals surface area (Å²) >= 11 is 0. The summed E-state index contributed by atoms with van der Waals surface area (Å²) in [6, 6.07) is 12.2. The van der Waals surface area contributed by atoms with Crippen LogP contribution in [0.15, 0.2) is 42.6 Å². The first kappa shape index (κ1) is 14.8. The largest absolute Gasteiger partial charge is 0.376 e. The monoisotopic (exact) mass is 298 g/mol. The van der Waals surface area contributed by atoms with Crippen LogP contribution < -0.4 is 10.2 Å². The standard InChI is InChI=1S/C17H22N4O/c1-2-21(14-7-4-3-5-8-14)16-10-11-18-17(20-16)19-13-15-9-6-12-22-15/h3-5,7-8,10-11,15H,2,6,9,12-13H2,1H3,(H,18,19,20). The summed E-state index contributed by atoms with van der Waals surface area (Å²) in [5.41, 5.74) is 1.13. The van der Waals surface area contributed by atoms with Gasteiger partial charge in [-0.15, -0.1) is 0 Å². The molecule has 2 heterocycles. The lowest BCUT2D eigenvalue weighted by Crippen LogP contribution is -2.21. The second kappa shape index (κ2) is 7.22. The lowest BCUT2D eigenvalue weighted by atomic mass is 10.2. The first-order valence-corrected chi connectivity index (χ1v) is 7.88. The Labute approximate surface area is 131 Å². The lowest BCUT2D eigenvalue weighted by Gasteiger charge is -2.22. The zero-order valence-corrected chi connectivity index (χ0v) is 12.9. The van der Waals surface area contributed by atoms with Crippen molar-refractivity contribution in [2.75, 3.05) is 29.9 Å². The molecule has 1 atom stereocenters. The van der Waals surface area contributed by atoms with E-state index in [1.807, 2.05) is 24.3 Å². The van der Waals surface area contributed by atoms with Gasteiger partial charge in [0.1, 0.15) is 5.82 Å². The number of aromatic nitrogens is 2. The molecule has 0 spiro atoms. The van der Waals surface area contributed by atoms with Crippen molar-refractivity contribution in [1.29, 1.82) is 0 Å². The van der Waals surface area contributed by atoms with Gasteiger partial charge in [0, 0.05) is 31.6 Å². The zero-order valence-electron chi connectivity index (χ0n) is 12.9. The van der Waals surface area contributed by atoms with E-state index in [1.165, 1.54) is 0 Å². The average molecular weight is 298 g/mol. The molecule has 2 aromatic rings. The molecule has 0 radical (unpaired) electrons. The molecule has 0 aliphatic carbocycles. The minimum absolute atomic E-state index is 0.281. The molecule has 1 unspecified atom stereocenters. The van der Waals surface area contributed by atoms with Crippen LogP contribution in [-0.4, -0.2) is 35.8 Å². The maximum atomic E-state index is 5.61. The van der Waals surface area contributed by atoms with E-state index < -0.39 is 0 Å². The van der Waals surface area contributed by atoms with Crippen LogP contribution in [0.1, 0.15) is 19.8 Å². The van der Waals surface area contributed by atoms with Gasteiger partial charge < -0.3 is 15.0 Å². The van der Waals surface area contributed by atoms with E-state index in [0.29, 0.717) is 5.95 Å². The van der Waals surface area contributed by atoms with Gasteiger partial charge in [0.05, 0.1) is 6.10 Å². The van der Waals surface area contributed by atoms with E-state index in [-0.39, 0.29) is 6.10 Å². The Hall–Kier alpha value is -2.14. The Morgan fingerprint density at radius 1 is 1.27 bits per heavy atom. The van der Waals surface area contributed by atoms with Gasteiger partial charge in [-0.25, -0.2) is 4.98 Å². The van der Waals surface area contributed by atoms with Gasteiger partial charge in [-0.05, 0) is 38.0 Å². The molecular weight excluding hydrogens is 276 g/mol. The molecule has 1 aromatic heterocycles. The second-order valence-corrected chi connectivity index (χ2v) is 5.33. The molecule has 1 aromatic carbocycles. The maximum absolute atomic E-state index is 5.61. The molecule has 0 amide bonds. The van der Waals surface area contributed by atoms with Crippen molar-refractivity contribution in [1.82, 2.24) is 9.97 Å². The molecule has 1 fully saturated rings. The fraction of sp³-hybridized carbons (Fsp3) is 0.412. The van der Waals surface area contributed by atoms with Crippen molar-refractivity contribution in [2.24, 2.45) is 0 Å². The van der Waals surface area contributed by atoms with Crippen LogP contribution in [-0.2, 0) is 4.74 Å². The number of ether oxygens (including phenoxy) is 1. The molecule has 0 saturated carbocycles. The summed E-state index contributed by atoms with van der Waals surface area (Å²) in [6.45, 7) is 4.60. The molecule has 1 saturated heterocycles. The van der Waals surface area contributed by atoms with Crippen molar-refractivity contribution < 1.29 is 4.74 Å². The minimum Gasteiger partial charge on any atom is -0.376 e. The molecule has 1 aliphatic rings. The van der Waals surface area contributed by atoms with E-state index >= 15 is 0 Å². The van der Waals surface area contributed by atoms with Crippen LogP contribution >= 0.6 is 0 Å². The van der Waals surface area contributed by atoms with E-state index in [4.69, 9.17) is 4.74 Å². The Morgan fingerprint density at radius 3 is 2.86 bits per heavy atom. The van der Waals surface area contributed by atoms with E-state index in [9.17, 15) is 0 Å². The van der Waals surface area contributed by atoms with Gasteiger partial charge in [-0.3, -0.25) is 0 Å². The fourth-order valence-corrected chi connectivity index (χ4v) is 2.68. The number of hydrogen-bond acceptors (Lipinski definition) is 5. The fourth-order valence-electron chi connectivity index (χ4n) is 2.68. The first-order valence-electron chi connectivity index (χ1n) is 7.88. The number of nitrogens with zero attached hydrogens (tertiary/aromatic N) is 3. The van der Waals surface area contributed by atoms with Gasteiger partial charge in [0.2, 0.25) is 5.95 Å². The Bertz CT molecular complexity index is 584.